The first-order chi connectivity index (χ1) is 8.54. The average Bonchev–Trinajstić information content (AvgIpc) is 2.37. The van der Waals surface area contributed by atoms with Gasteiger partial charge in [-0.15, -0.1) is 0 Å². The van der Waals surface area contributed by atoms with Gasteiger partial charge in [0.15, 0.2) is 5.12 Å². The second-order valence-electron chi connectivity index (χ2n) is 3.70. The van der Waals surface area contributed by atoms with E-state index in [2.05, 4.69) is 4.98 Å². The molecule has 6 heteroatoms. The van der Waals surface area contributed by atoms with E-state index in [4.69, 9.17) is 5.26 Å². The maximum Gasteiger partial charge on any atom is 0.185 e. The molecule has 1 aromatic heterocycles. The molecule has 1 aromatic rings. The van der Waals surface area contributed by atoms with Crippen LogP contribution in [0.25, 0.3) is 0 Å². The Balaban J connectivity index is 2.59. The lowest BCUT2D eigenvalue weighted by Crippen LogP contribution is -2.20. The van der Waals surface area contributed by atoms with Gasteiger partial charge < -0.3 is 10.2 Å². The molecule has 96 valence electrons. The maximum absolute atomic E-state index is 10.7. The lowest BCUT2D eigenvalue weighted by atomic mass is 10.1. The van der Waals surface area contributed by atoms with Crippen LogP contribution in [0.15, 0.2) is 18.2 Å². The van der Waals surface area contributed by atoms with Crippen LogP contribution in [0.2, 0.25) is 0 Å². The van der Waals surface area contributed by atoms with Crippen molar-refractivity contribution in [2.45, 2.75) is 25.6 Å². The molecule has 0 aliphatic carbocycles. The summed E-state index contributed by atoms with van der Waals surface area (Å²) in [6.07, 6.45) is -1.87. The fourth-order valence-electron chi connectivity index (χ4n) is 1.36. The smallest absolute Gasteiger partial charge is 0.185 e. The summed E-state index contributed by atoms with van der Waals surface area (Å²) >= 11 is 1.10. The van der Waals surface area contributed by atoms with Crippen molar-refractivity contribution in [3.8, 4) is 6.07 Å². The zero-order valence-corrected chi connectivity index (χ0v) is 10.7. The Morgan fingerprint density at radius 2 is 2.28 bits per heavy atom. The van der Waals surface area contributed by atoms with E-state index in [0.717, 1.165) is 11.8 Å². The van der Waals surface area contributed by atoms with Gasteiger partial charge in [0.05, 0.1) is 11.8 Å². The molecular formula is C12H14N2O3S. The van der Waals surface area contributed by atoms with Crippen molar-refractivity contribution in [2.24, 2.45) is 0 Å². The molecule has 0 spiro atoms. The summed E-state index contributed by atoms with van der Waals surface area (Å²) in [4.78, 5) is 14.6. The minimum absolute atomic E-state index is 0.0266. The molecule has 2 N–H and O–H groups in total. The van der Waals surface area contributed by atoms with Crippen molar-refractivity contribution in [1.82, 2.24) is 4.98 Å². The molecule has 5 nitrogen and oxygen atoms in total. The third-order valence-electron chi connectivity index (χ3n) is 2.27. The third kappa shape index (κ3) is 4.45. The minimum Gasteiger partial charge on any atom is -0.390 e. The van der Waals surface area contributed by atoms with Crippen molar-refractivity contribution < 1.29 is 15.0 Å². The quantitative estimate of drug-likeness (QED) is 0.826. The number of nitriles is 1. The normalized spacial score (nSPS) is 13.7. The zero-order valence-electron chi connectivity index (χ0n) is 9.91. The molecule has 18 heavy (non-hydrogen) atoms. The molecular weight excluding hydrogens is 252 g/mol. The second-order valence-corrected chi connectivity index (χ2v) is 4.97. The van der Waals surface area contributed by atoms with Gasteiger partial charge >= 0.3 is 0 Å². The number of carbonyl (C=O) groups excluding carboxylic acids is 1. The van der Waals surface area contributed by atoms with Gasteiger partial charge in [-0.05, 0) is 18.6 Å². The molecule has 0 aromatic carbocycles. The van der Waals surface area contributed by atoms with Crippen molar-refractivity contribution >= 4 is 16.9 Å². The monoisotopic (exact) mass is 266 g/mol. The van der Waals surface area contributed by atoms with E-state index in [0.29, 0.717) is 5.75 Å². The first-order valence-corrected chi connectivity index (χ1v) is 6.39. The summed E-state index contributed by atoms with van der Waals surface area (Å²) in [5.74, 6) is 0.436. The molecule has 2 atom stereocenters. The van der Waals surface area contributed by atoms with Gasteiger partial charge in [0.25, 0.3) is 0 Å². The molecule has 0 amide bonds. The summed E-state index contributed by atoms with van der Waals surface area (Å²) < 4.78 is 0. The standard InChI is InChI=1S/C12H14N2O3S/c1-8(15)18-6-5-11(16)12(17)10-4-2-3-9(7-13)14-10/h2-4,11-12,16-17H,5-6H2,1H3. The molecule has 0 aliphatic heterocycles. The van der Waals surface area contributed by atoms with E-state index >= 15 is 0 Å². The zero-order chi connectivity index (χ0) is 13.5. The lowest BCUT2D eigenvalue weighted by molar-refractivity contribution is -0.109. The van der Waals surface area contributed by atoms with E-state index in [1.54, 1.807) is 12.1 Å². The Bertz CT molecular complexity index is 459. The van der Waals surface area contributed by atoms with Crippen LogP contribution in [-0.4, -0.2) is 32.2 Å². The largest absolute Gasteiger partial charge is 0.390 e. The number of aliphatic hydroxyl groups excluding tert-OH is 2. The van der Waals surface area contributed by atoms with Crippen molar-refractivity contribution in [3.63, 3.8) is 0 Å². The SMILES string of the molecule is CC(=O)SCCC(O)C(O)c1cccc(C#N)n1. The highest BCUT2D eigenvalue weighted by atomic mass is 32.2. The van der Waals surface area contributed by atoms with Crippen LogP contribution in [0.3, 0.4) is 0 Å². The highest BCUT2D eigenvalue weighted by Gasteiger charge is 2.19. The van der Waals surface area contributed by atoms with E-state index in [-0.39, 0.29) is 22.9 Å². The van der Waals surface area contributed by atoms with E-state index in [1.165, 1.54) is 13.0 Å². The topological polar surface area (TPSA) is 94.2 Å². The lowest BCUT2D eigenvalue weighted by Gasteiger charge is -2.16. The highest BCUT2D eigenvalue weighted by molar-refractivity contribution is 8.13. The summed E-state index contributed by atoms with van der Waals surface area (Å²) in [7, 11) is 0. The summed E-state index contributed by atoms with van der Waals surface area (Å²) in [6, 6.07) is 6.54. The molecule has 0 bridgehead atoms. The van der Waals surface area contributed by atoms with Crippen LogP contribution in [0, 0.1) is 11.3 Å². The van der Waals surface area contributed by atoms with Gasteiger partial charge in [-0.2, -0.15) is 5.26 Å². The summed E-state index contributed by atoms with van der Waals surface area (Å²) in [5, 5.41) is 28.3. The average molecular weight is 266 g/mol. The molecule has 0 saturated heterocycles. The number of thioether (sulfide) groups is 1. The first kappa shape index (κ1) is 14.6. The minimum atomic E-state index is -1.15. The number of rotatable bonds is 5. The van der Waals surface area contributed by atoms with Crippen LogP contribution < -0.4 is 0 Å². The van der Waals surface area contributed by atoms with Gasteiger partial charge in [0, 0.05) is 12.7 Å². The van der Waals surface area contributed by atoms with Gasteiger partial charge in [-0.3, -0.25) is 4.79 Å². The number of aromatic nitrogens is 1. The Hall–Kier alpha value is -1.42. The van der Waals surface area contributed by atoms with Gasteiger partial charge in [0.2, 0.25) is 0 Å². The summed E-state index contributed by atoms with van der Waals surface area (Å²) in [5.41, 5.74) is 0.450. The Kier molecular flexibility index (Phi) is 5.78. The molecule has 0 fully saturated rings. The number of nitrogens with zero attached hydrogens (tertiary/aromatic N) is 2. The van der Waals surface area contributed by atoms with E-state index in [1.807, 2.05) is 6.07 Å². The molecule has 0 aliphatic rings. The molecule has 0 saturated carbocycles. The van der Waals surface area contributed by atoms with Crippen LogP contribution in [0.1, 0.15) is 30.8 Å². The third-order valence-corrected chi connectivity index (χ3v) is 3.12. The van der Waals surface area contributed by atoms with Crippen molar-refractivity contribution in [3.05, 3.63) is 29.6 Å². The van der Waals surface area contributed by atoms with Gasteiger partial charge in [-0.1, -0.05) is 17.8 Å². The predicted octanol–water partition coefficient (Wildman–Crippen LogP) is 1.02. The Morgan fingerprint density at radius 3 is 2.89 bits per heavy atom. The molecule has 0 radical (unpaired) electrons. The number of aliphatic hydroxyl groups is 2. The number of hydrogen-bond donors (Lipinski definition) is 2. The Labute approximate surface area is 109 Å². The summed E-state index contributed by atoms with van der Waals surface area (Å²) in [6.45, 7) is 1.45. The highest BCUT2D eigenvalue weighted by Crippen LogP contribution is 2.19. The fourth-order valence-corrected chi connectivity index (χ4v) is 2.00. The van der Waals surface area contributed by atoms with E-state index in [9.17, 15) is 15.0 Å². The molecule has 1 heterocycles. The van der Waals surface area contributed by atoms with Crippen molar-refractivity contribution in [2.75, 3.05) is 5.75 Å². The number of pyridine rings is 1. The fraction of sp³-hybridized carbons (Fsp3) is 0.417. The van der Waals surface area contributed by atoms with Crippen LogP contribution >= 0.6 is 11.8 Å². The molecule has 2 unspecified atom stereocenters. The van der Waals surface area contributed by atoms with Gasteiger partial charge in [0.1, 0.15) is 17.9 Å². The van der Waals surface area contributed by atoms with Crippen LogP contribution in [0.4, 0.5) is 0 Å². The van der Waals surface area contributed by atoms with Gasteiger partial charge in [-0.25, -0.2) is 4.98 Å². The predicted molar refractivity (Wildman–Crippen MR) is 67.7 cm³/mol. The van der Waals surface area contributed by atoms with Crippen LogP contribution in [0.5, 0.6) is 0 Å². The number of carbonyl (C=O) groups is 1. The maximum atomic E-state index is 10.7. The molecule has 1 rings (SSSR count). The second kappa shape index (κ2) is 7.11. The number of hydrogen-bond acceptors (Lipinski definition) is 6. The van der Waals surface area contributed by atoms with Crippen LogP contribution in [-0.2, 0) is 4.79 Å². The first-order valence-electron chi connectivity index (χ1n) is 5.41. The van der Waals surface area contributed by atoms with E-state index < -0.39 is 12.2 Å². The Morgan fingerprint density at radius 1 is 1.56 bits per heavy atom. The van der Waals surface area contributed by atoms with Crippen molar-refractivity contribution in [1.29, 1.82) is 5.26 Å².